The molecule has 0 radical (unpaired) electrons. The van der Waals surface area contributed by atoms with Crippen LogP contribution in [0.4, 0.5) is 0 Å². The topological polar surface area (TPSA) is 24.5 Å². The number of piperazine rings is 1. The predicted molar refractivity (Wildman–Crippen MR) is 62.1 cm³/mol. The van der Waals surface area contributed by atoms with Crippen LogP contribution >= 0.6 is 0 Å². The van der Waals surface area contributed by atoms with Crippen LogP contribution in [-0.4, -0.2) is 50.3 Å². The summed E-state index contributed by atoms with van der Waals surface area (Å²) in [5.74, 6) is 0.884. The molecular formula is C12H24N2O. The lowest BCUT2D eigenvalue weighted by Gasteiger charge is -2.36. The van der Waals surface area contributed by atoms with Crippen LogP contribution in [0.25, 0.3) is 0 Å². The lowest BCUT2D eigenvalue weighted by molar-refractivity contribution is 0.0479. The van der Waals surface area contributed by atoms with Crippen LogP contribution in [0.2, 0.25) is 0 Å². The molecule has 2 rings (SSSR count). The van der Waals surface area contributed by atoms with Gasteiger partial charge in [-0.15, -0.1) is 0 Å². The molecule has 1 N–H and O–H groups in total. The average molecular weight is 212 g/mol. The normalized spacial score (nSPS) is 30.6. The molecule has 2 heterocycles. The van der Waals surface area contributed by atoms with E-state index in [1.165, 1.54) is 45.4 Å². The molecule has 3 heteroatoms. The van der Waals surface area contributed by atoms with Crippen molar-refractivity contribution >= 4 is 0 Å². The maximum atomic E-state index is 5.40. The van der Waals surface area contributed by atoms with Crippen molar-refractivity contribution in [2.24, 2.45) is 5.92 Å². The Kier molecular flexibility index (Phi) is 4.42. The molecule has 0 aromatic rings. The Balaban J connectivity index is 1.72. The van der Waals surface area contributed by atoms with Gasteiger partial charge < -0.3 is 15.0 Å². The zero-order valence-electron chi connectivity index (χ0n) is 9.87. The maximum Gasteiger partial charge on any atom is 0.0469 e. The number of ether oxygens (including phenoxy) is 1. The van der Waals surface area contributed by atoms with E-state index in [0.29, 0.717) is 0 Å². The van der Waals surface area contributed by atoms with Crippen molar-refractivity contribution < 1.29 is 4.74 Å². The first-order chi connectivity index (χ1) is 7.38. The summed E-state index contributed by atoms with van der Waals surface area (Å²) in [6.45, 7) is 9.17. The first-order valence-corrected chi connectivity index (χ1v) is 6.42. The number of rotatable bonds is 3. The fourth-order valence-electron chi connectivity index (χ4n) is 2.63. The molecule has 0 saturated carbocycles. The van der Waals surface area contributed by atoms with Crippen molar-refractivity contribution in [3.63, 3.8) is 0 Å². The maximum absolute atomic E-state index is 5.40. The molecule has 0 aromatic heterocycles. The molecule has 0 spiro atoms. The minimum Gasteiger partial charge on any atom is -0.381 e. The summed E-state index contributed by atoms with van der Waals surface area (Å²) in [5, 5.41) is 3.57. The van der Waals surface area contributed by atoms with Crippen molar-refractivity contribution in [2.45, 2.75) is 32.2 Å². The van der Waals surface area contributed by atoms with E-state index in [-0.39, 0.29) is 0 Å². The predicted octanol–water partition coefficient (Wildman–Crippen LogP) is 1.10. The van der Waals surface area contributed by atoms with Crippen LogP contribution in [0.15, 0.2) is 0 Å². The Hall–Kier alpha value is -0.120. The molecule has 1 unspecified atom stereocenters. The molecule has 2 aliphatic heterocycles. The molecule has 2 saturated heterocycles. The highest BCUT2D eigenvalue weighted by Crippen LogP contribution is 2.17. The molecule has 88 valence electrons. The van der Waals surface area contributed by atoms with Gasteiger partial charge in [0.25, 0.3) is 0 Å². The highest BCUT2D eigenvalue weighted by atomic mass is 16.5. The minimum absolute atomic E-state index is 0.721. The number of hydrogen-bond donors (Lipinski definition) is 1. The summed E-state index contributed by atoms with van der Waals surface area (Å²) in [4.78, 5) is 2.64. The fourth-order valence-corrected chi connectivity index (χ4v) is 2.63. The zero-order chi connectivity index (χ0) is 10.5. The van der Waals surface area contributed by atoms with Crippen molar-refractivity contribution in [3.8, 4) is 0 Å². The molecule has 0 aliphatic carbocycles. The molecule has 2 aliphatic rings. The fraction of sp³-hybridized carbons (Fsp3) is 1.00. The van der Waals surface area contributed by atoms with E-state index in [9.17, 15) is 0 Å². The summed E-state index contributed by atoms with van der Waals surface area (Å²) < 4.78 is 5.40. The minimum atomic E-state index is 0.721. The molecule has 3 nitrogen and oxygen atoms in total. The smallest absolute Gasteiger partial charge is 0.0469 e. The first-order valence-electron chi connectivity index (χ1n) is 6.42. The van der Waals surface area contributed by atoms with Gasteiger partial charge in [-0.05, 0) is 25.2 Å². The molecule has 0 amide bonds. The standard InChI is InChI=1S/C12H24N2O/c1-2-12-10-14(6-5-13-12)9-11-3-7-15-8-4-11/h11-13H,2-10H2,1H3. The lowest BCUT2D eigenvalue weighted by atomic mass is 9.99. The third-order valence-electron chi connectivity index (χ3n) is 3.69. The van der Waals surface area contributed by atoms with Crippen LogP contribution in [-0.2, 0) is 4.74 Å². The summed E-state index contributed by atoms with van der Waals surface area (Å²) in [6.07, 6.45) is 3.78. The second kappa shape index (κ2) is 5.83. The number of hydrogen-bond acceptors (Lipinski definition) is 3. The van der Waals surface area contributed by atoms with Gasteiger partial charge in [0, 0.05) is 45.4 Å². The van der Waals surface area contributed by atoms with E-state index in [1.54, 1.807) is 0 Å². The van der Waals surface area contributed by atoms with Gasteiger partial charge in [0.1, 0.15) is 0 Å². The van der Waals surface area contributed by atoms with E-state index in [2.05, 4.69) is 17.1 Å². The number of nitrogens with one attached hydrogen (secondary N) is 1. The van der Waals surface area contributed by atoms with Gasteiger partial charge in [0.15, 0.2) is 0 Å². The highest BCUT2D eigenvalue weighted by Gasteiger charge is 2.22. The Morgan fingerprint density at radius 3 is 2.87 bits per heavy atom. The Morgan fingerprint density at radius 2 is 2.13 bits per heavy atom. The van der Waals surface area contributed by atoms with Gasteiger partial charge in [-0.2, -0.15) is 0 Å². The molecule has 2 fully saturated rings. The quantitative estimate of drug-likeness (QED) is 0.758. The summed E-state index contributed by atoms with van der Waals surface area (Å²) >= 11 is 0. The summed E-state index contributed by atoms with van der Waals surface area (Å²) in [7, 11) is 0. The van der Waals surface area contributed by atoms with E-state index >= 15 is 0 Å². The summed E-state index contributed by atoms with van der Waals surface area (Å²) in [6, 6.07) is 0.721. The monoisotopic (exact) mass is 212 g/mol. The Morgan fingerprint density at radius 1 is 1.33 bits per heavy atom. The van der Waals surface area contributed by atoms with Crippen LogP contribution < -0.4 is 5.32 Å². The second-order valence-electron chi connectivity index (χ2n) is 4.87. The van der Waals surface area contributed by atoms with Crippen LogP contribution in [0.5, 0.6) is 0 Å². The lowest BCUT2D eigenvalue weighted by Crippen LogP contribution is -2.51. The van der Waals surface area contributed by atoms with Crippen LogP contribution in [0.3, 0.4) is 0 Å². The zero-order valence-corrected chi connectivity index (χ0v) is 9.87. The van der Waals surface area contributed by atoms with Crippen molar-refractivity contribution in [3.05, 3.63) is 0 Å². The SMILES string of the molecule is CCC1CN(CC2CCOCC2)CCN1. The Labute approximate surface area is 93.2 Å². The molecular weight excluding hydrogens is 188 g/mol. The van der Waals surface area contributed by atoms with E-state index in [4.69, 9.17) is 4.74 Å². The average Bonchev–Trinajstić information content (AvgIpc) is 2.31. The van der Waals surface area contributed by atoms with Gasteiger partial charge in [0.2, 0.25) is 0 Å². The first kappa shape index (κ1) is 11.4. The molecule has 0 aromatic carbocycles. The van der Waals surface area contributed by atoms with E-state index in [0.717, 1.165) is 25.2 Å². The van der Waals surface area contributed by atoms with Crippen LogP contribution in [0, 0.1) is 5.92 Å². The van der Waals surface area contributed by atoms with E-state index in [1.807, 2.05) is 0 Å². The third kappa shape index (κ3) is 3.44. The second-order valence-corrected chi connectivity index (χ2v) is 4.87. The summed E-state index contributed by atoms with van der Waals surface area (Å²) in [5.41, 5.74) is 0. The van der Waals surface area contributed by atoms with E-state index < -0.39 is 0 Å². The van der Waals surface area contributed by atoms with Crippen LogP contribution in [0.1, 0.15) is 26.2 Å². The number of nitrogens with zero attached hydrogens (tertiary/aromatic N) is 1. The van der Waals surface area contributed by atoms with Gasteiger partial charge in [-0.3, -0.25) is 0 Å². The third-order valence-corrected chi connectivity index (χ3v) is 3.69. The van der Waals surface area contributed by atoms with Gasteiger partial charge >= 0.3 is 0 Å². The molecule has 1 atom stereocenters. The van der Waals surface area contributed by atoms with Gasteiger partial charge in [-0.25, -0.2) is 0 Å². The van der Waals surface area contributed by atoms with Crippen molar-refractivity contribution in [2.75, 3.05) is 39.4 Å². The van der Waals surface area contributed by atoms with Crippen molar-refractivity contribution in [1.29, 1.82) is 0 Å². The van der Waals surface area contributed by atoms with Gasteiger partial charge in [-0.1, -0.05) is 6.92 Å². The van der Waals surface area contributed by atoms with Gasteiger partial charge in [0.05, 0.1) is 0 Å². The largest absolute Gasteiger partial charge is 0.381 e. The highest BCUT2D eigenvalue weighted by molar-refractivity contribution is 4.79. The van der Waals surface area contributed by atoms with Crippen molar-refractivity contribution in [1.82, 2.24) is 10.2 Å². The Bertz CT molecular complexity index is 180. The molecule has 15 heavy (non-hydrogen) atoms. The molecule has 0 bridgehead atoms.